The van der Waals surface area contributed by atoms with Gasteiger partial charge in [0.05, 0.1) is 11.3 Å². The molecule has 0 saturated heterocycles. The number of hydrogen-bond acceptors (Lipinski definition) is 4. The maximum atomic E-state index is 12.2. The van der Waals surface area contributed by atoms with Crippen molar-refractivity contribution in [2.45, 2.75) is 0 Å². The molecule has 8 heteroatoms. The van der Waals surface area contributed by atoms with Crippen LogP contribution in [0.5, 0.6) is 0 Å². The average molecular weight is 429 g/mol. The minimum Gasteiger partial charge on any atom is -0.330 e. The number of nitrogens with one attached hydrogen (secondary N) is 1. The van der Waals surface area contributed by atoms with Crippen molar-refractivity contribution in [3.05, 3.63) is 51.8 Å². The fourth-order valence-corrected chi connectivity index (χ4v) is 3.40. The van der Waals surface area contributed by atoms with Crippen molar-refractivity contribution in [3.63, 3.8) is 0 Å². The molecule has 1 aromatic rings. The summed E-state index contributed by atoms with van der Waals surface area (Å²) in [7, 11) is -3.38. The van der Waals surface area contributed by atoms with Gasteiger partial charge in [0.15, 0.2) is 0 Å². The van der Waals surface area contributed by atoms with Gasteiger partial charge in [0.1, 0.15) is 5.84 Å². The van der Waals surface area contributed by atoms with Crippen LogP contribution in [-0.4, -0.2) is 37.4 Å². The monoisotopic (exact) mass is 429 g/mol. The fraction of sp³-hybridized carbons (Fsp3) is 0.143. The predicted octanol–water partition coefficient (Wildman–Crippen LogP) is 1.73. The second-order valence-electron chi connectivity index (χ2n) is 4.81. The molecular weight excluding hydrogens is 417 g/mol. The third-order valence-electron chi connectivity index (χ3n) is 3.19. The molecule has 3 rings (SSSR count). The second kappa shape index (κ2) is 5.84. The number of benzene rings is 1. The first kappa shape index (κ1) is 15.2. The second-order valence-corrected chi connectivity index (χ2v) is 7.81. The highest BCUT2D eigenvalue weighted by Crippen LogP contribution is 2.18. The van der Waals surface area contributed by atoms with E-state index in [-0.39, 0.29) is 11.7 Å². The molecule has 0 aromatic heterocycles. The number of amidine groups is 1. The molecule has 0 fully saturated rings. The van der Waals surface area contributed by atoms with Gasteiger partial charge in [0, 0.05) is 22.0 Å². The summed E-state index contributed by atoms with van der Waals surface area (Å²) in [6.07, 6.45) is 4.73. The highest BCUT2D eigenvalue weighted by molar-refractivity contribution is 14.1. The quantitative estimate of drug-likeness (QED) is 0.727. The van der Waals surface area contributed by atoms with Gasteiger partial charge >= 0.3 is 0 Å². The van der Waals surface area contributed by atoms with E-state index in [2.05, 4.69) is 32.3 Å². The summed E-state index contributed by atoms with van der Waals surface area (Å²) in [6.45, 7) is 0.297. The summed E-state index contributed by atoms with van der Waals surface area (Å²) in [5.74, 6) is 0.0503. The van der Waals surface area contributed by atoms with E-state index in [1.54, 1.807) is 23.3 Å². The molecule has 1 N–H and O–H groups in total. The number of fused-ring (bicyclic) bond motifs is 1. The van der Waals surface area contributed by atoms with Gasteiger partial charge in [0.25, 0.3) is 15.9 Å². The number of nitrogens with zero attached hydrogens (tertiary/aromatic N) is 2. The molecule has 0 radical (unpaired) electrons. The van der Waals surface area contributed by atoms with Crippen LogP contribution in [0.1, 0.15) is 0 Å². The lowest BCUT2D eigenvalue weighted by Gasteiger charge is -2.26. The molecule has 0 aliphatic carbocycles. The molecule has 22 heavy (non-hydrogen) atoms. The Kier molecular flexibility index (Phi) is 4.04. The summed E-state index contributed by atoms with van der Waals surface area (Å²) in [4.78, 5) is 13.9. The lowest BCUT2D eigenvalue weighted by atomic mass is 10.1. The van der Waals surface area contributed by atoms with E-state index in [0.29, 0.717) is 23.6 Å². The zero-order valence-corrected chi connectivity index (χ0v) is 14.3. The van der Waals surface area contributed by atoms with E-state index >= 15 is 0 Å². The van der Waals surface area contributed by atoms with Crippen LogP contribution in [0.25, 0.3) is 0 Å². The van der Waals surface area contributed by atoms with Crippen molar-refractivity contribution in [2.24, 2.45) is 4.40 Å². The van der Waals surface area contributed by atoms with E-state index < -0.39 is 10.0 Å². The number of sulfonamides is 1. The lowest BCUT2D eigenvalue weighted by molar-refractivity contribution is -0.112. The summed E-state index contributed by atoms with van der Waals surface area (Å²) in [5, 5.41) is 2.80. The van der Waals surface area contributed by atoms with Gasteiger partial charge in [-0.3, -0.25) is 4.79 Å². The number of carbonyl (C=O) groups is 1. The van der Waals surface area contributed by atoms with E-state index in [4.69, 9.17) is 0 Å². The van der Waals surface area contributed by atoms with Crippen LogP contribution in [0.3, 0.4) is 0 Å². The Morgan fingerprint density at radius 2 is 1.95 bits per heavy atom. The van der Waals surface area contributed by atoms with E-state index in [1.807, 2.05) is 24.3 Å². The smallest absolute Gasteiger partial charge is 0.257 e. The molecule has 2 aliphatic rings. The lowest BCUT2D eigenvalue weighted by Crippen LogP contribution is -2.37. The minimum absolute atomic E-state index is 0.0487. The van der Waals surface area contributed by atoms with Crippen LogP contribution in [0.4, 0.5) is 5.69 Å². The van der Waals surface area contributed by atoms with Gasteiger partial charge in [-0.05, 0) is 59.0 Å². The molecular formula is C14H12IN3O3S. The van der Waals surface area contributed by atoms with E-state index in [1.165, 1.54) is 0 Å². The van der Waals surface area contributed by atoms with E-state index in [0.717, 1.165) is 3.57 Å². The van der Waals surface area contributed by atoms with Crippen LogP contribution in [0, 0.1) is 3.57 Å². The topological polar surface area (TPSA) is 78.8 Å². The van der Waals surface area contributed by atoms with E-state index in [9.17, 15) is 13.2 Å². The molecule has 0 bridgehead atoms. The highest BCUT2D eigenvalue weighted by Gasteiger charge is 2.24. The summed E-state index contributed by atoms with van der Waals surface area (Å²) >= 11 is 2.19. The van der Waals surface area contributed by atoms with Gasteiger partial charge in [-0.15, -0.1) is 4.40 Å². The van der Waals surface area contributed by atoms with Crippen molar-refractivity contribution in [1.29, 1.82) is 0 Å². The predicted molar refractivity (Wildman–Crippen MR) is 92.9 cm³/mol. The SMILES string of the molecule is O=C(Nc1ccc(I)cc1)C1=CN2CCS(=O)(=O)N=C2C=C1. The Hall–Kier alpha value is -1.68. The molecule has 0 spiro atoms. The number of anilines is 1. The number of halogens is 1. The number of hydrogen-bond donors (Lipinski definition) is 1. The molecule has 1 aromatic carbocycles. The number of carbonyl (C=O) groups excluding carboxylic acids is 1. The average Bonchev–Trinajstić information content (AvgIpc) is 2.48. The Morgan fingerprint density at radius 3 is 2.68 bits per heavy atom. The normalized spacial score (nSPS) is 19.0. The first-order chi connectivity index (χ1) is 10.4. The van der Waals surface area contributed by atoms with Crippen molar-refractivity contribution in [2.75, 3.05) is 17.6 Å². The number of amides is 1. The first-order valence-corrected chi connectivity index (χ1v) is 9.18. The Balaban J connectivity index is 1.77. The molecule has 2 heterocycles. The van der Waals surface area contributed by atoms with Gasteiger partial charge in [0.2, 0.25) is 0 Å². The Bertz CT molecular complexity index is 810. The zero-order chi connectivity index (χ0) is 15.7. The van der Waals surface area contributed by atoms with Gasteiger partial charge in [-0.2, -0.15) is 0 Å². The molecule has 0 unspecified atom stereocenters. The van der Waals surface area contributed by atoms with Crippen LogP contribution in [0.15, 0.2) is 52.6 Å². The summed E-state index contributed by atoms with van der Waals surface area (Å²) in [6, 6.07) is 7.46. The molecule has 6 nitrogen and oxygen atoms in total. The fourth-order valence-electron chi connectivity index (χ4n) is 2.07. The molecule has 0 saturated carbocycles. The molecule has 1 amide bonds. The van der Waals surface area contributed by atoms with Crippen LogP contribution in [0.2, 0.25) is 0 Å². The molecule has 2 aliphatic heterocycles. The number of rotatable bonds is 2. The molecule has 0 atom stereocenters. The maximum Gasteiger partial charge on any atom is 0.257 e. The Morgan fingerprint density at radius 1 is 1.23 bits per heavy atom. The maximum absolute atomic E-state index is 12.2. The summed E-state index contributed by atoms with van der Waals surface area (Å²) < 4.78 is 27.6. The largest absolute Gasteiger partial charge is 0.330 e. The zero-order valence-electron chi connectivity index (χ0n) is 11.4. The van der Waals surface area contributed by atoms with Crippen molar-refractivity contribution >= 4 is 50.0 Å². The van der Waals surface area contributed by atoms with Crippen molar-refractivity contribution < 1.29 is 13.2 Å². The Labute approximate surface area is 141 Å². The standard InChI is InChI=1S/C14H12IN3O3S/c15-11-2-4-12(5-3-11)16-14(19)10-1-6-13-17-22(20,21)8-7-18(13)9-10/h1-6,9H,7-8H2,(H,16,19). The third kappa shape index (κ3) is 3.38. The van der Waals surface area contributed by atoms with Crippen LogP contribution in [-0.2, 0) is 14.8 Å². The highest BCUT2D eigenvalue weighted by atomic mass is 127. The first-order valence-electron chi connectivity index (χ1n) is 6.49. The van der Waals surface area contributed by atoms with Crippen LogP contribution >= 0.6 is 22.6 Å². The minimum atomic E-state index is -3.38. The van der Waals surface area contributed by atoms with Gasteiger partial charge in [-0.25, -0.2) is 8.42 Å². The van der Waals surface area contributed by atoms with Crippen LogP contribution < -0.4 is 5.32 Å². The molecule has 114 valence electrons. The van der Waals surface area contributed by atoms with Crippen molar-refractivity contribution in [1.82, 2.24) is 4.90 Å². The van der Waals surface area contributed by atoms with Gasteiger partial charge < -0.3 is 10.2 Å². The van der Waals surface area contributed by atoms with Crippen molar-refractivity contribution in [3.8, 4) is 0 Å². The third-order valence-corrected chi connectivity index (χ3v) is 5.07. The summed E-state index contributed by atoms with van der Waals surface area (Å²) in [5.41, 5.74) is 1.16. The van der Waals surface area contributed by atoms with Gasteiger partial charge in [-0.1, -0.05) is 0 Å².